The number of nitrogens with two attached hydrogens (primary N) is 1. The van der Waals surface area contributed by atoms with Gasteiger partial charge in [0.1, 0.15) is 0 Å². The smallest absolute Gasteiger partial charge is 0.222 e. The van der Waals surface area contributed by atoms with E-state index in [-0.39, 0.29) is 11.9 Å². The first-order valence-corrected chi connectivity index (χ1v) is 5.02. The third kappa shape index (κ3) is 2.53. The Morgan fingerprint density at radius 2 is 2.27 bits per heavy atom. The van der Waals surface area contributed by atoms with Gasteiger partial charge in [-0.3, -0.25) is 9.78 Å². The van der Waals surface area contributed by atoms with Crippen molar-refractivity contribution in [1.82, 2.24) is 9.88 Å². The molecule has 4 nitrogen and oxygen atoms in total. The van der Waals surface area contributed by atoms with E-state index in [1.54, 1.807) is 11.1 Å². The molecule has 0 aliphatic carbocycles. The topological polar surface area (TPSA) is 59.2 Å². The van der Waals surface area contributed by atoms with Crippen LogP contribution in [-0.2, 0) is 4.79 Å². The lowest BCUT2D eigenvalue weighted by Crippen LogP contribution is -2.22. The quantitative estimate of drug-likeness (QED) is 0.746. The van der Waals surface area contributed by atoms with Gasteiger partial charge in [-0.2, -0.15) is 0 Å². The van der Waals surface area contributed by atoms with Gasteiger partial charge in [0.25, 0.3) is 0 Å². The van der Waals surface area contributed by atoms with Crippen LogP contribution in [-0.4, -0.2) is 29.9 Å². The van der Waals surface area contributed by atoms with Gasteiger partial charge in [-0.1, -0.05) is 6.07 Å². The van der Waals surface area contributed by atoms with Gasteiger partial charge in [-0.05, 0) is 25.1 Å². The van der Waals surface area contributed by atoms with Gasteiger partial charge in [-0.15, -0.1) is 0 Å². The fraction of sp³-hybridized carbons (Fsp3) is 0.455. The minimum atomic E-state index is 0.230. The number of rotatable bonds is 1. The Morgan fingerprint density at radius 3 is 2.73 bits per heavy atom. The van der Waals surface area contributed by atoms with Crippen molar-refractivity contribution in [1.29, 1.82) is 0 Å². The van der Waals surface area contributed by atoms with Crippen molar-refractivity contribution in [3.63, 3.8) is 0 Å². The zero-order chi connectivity index (χ0) is 11.3. The van der Waals surface area contributed by atoms with Crippen molar-refractivity contribution in [2.45, 2.75) is 18.9 Å². The summed E-state index contributed by atoms with van der Waals surface area (Å²) in [5, 5.41) is 0. The molecule has 2 heterocycles. The molecule has 1 aliphatic heterocycles. The Bertz CT molecular complexity index is 313. The fourth-order valence-electron chi connectivity index (χ4n) is 1.77. The molecule has 1 unspecified atom stereocenters. The highest BCUT2D eigenvalue weighted by Crippen LogP contribution is 2.30. The maximum absolute atomic E-state index is 11.3. The molecule has 0 bridgehead atoms. The van der Waals surface area contributed by atoms with Crippen LogP contribution in [0, 0.1) is 0 Å². The number of amides is 1. The molecule has 1 aliphatic rings. The Labute approximate surface area is 90.1 Å². The van der Waals surface area contributed by atoms with Crippen LogP contribution in [0.5, 0.6) is 0 Å². The molecule has 1 saturated heterocycles. The summed E-state index contributed by atoms with van der Waals surface area (Å²) in [5.41, 5.74) is 5.64. The predicted molar refractivity (Wildman–Crippen MR) is 59.1 cm³/mol. The molecular formula is C11H17N3O. The molecule has 1 aromatic rings. The van der Waals surface area contributed by atoms with Gasteiger partial charge < -0.3 is 10.6 Å². The van der Waals surface area contributed by atoms with Crippen LogP contribution in [0.4, 0.5) is 0 Å². The SMILES string of the molecule is CN.CN1C(=O)CCC1c1cccnc1. The number of hydrogen-bond donors (Lipinski definition) is 1. The van der Waals surface area contributed by atoms with Crippen molar-refractivity contribution in [2.75, 3.05) is 14.1 Å². The van der Waals surface area contributed by atoms with Crippen molar-refractivity contribution >= 4 is 5.91 Å². The summed E-state index contributed by atoms with van der Waals surface area (Å²) in [5.74, 6) is 0.230. The molecule has 0 radical (unpaired) electrons. The van der Waals surface area contributed by atoms with E-state index in [1.807, 2.05) is 25.4 Å². The maximum Gasteiger partial charge on any atom is 0.222 e. The molecule has 0 aromatic carbocycles. The normalized spacial score (nSPS) is 19.8. The van der Waals surface area contributed by atoms with E-state index in [0.29, 0.717) is 6.42 Å². The predicted octanol–water partition coefficient (Wildman–Crippen LogP) is 0.950. The molecule has 4 heteroatoms. The Hall–Kier alpha value is -1.42. The van der Waals surface area contributed by atoms with E-state index in [2.05, 4.69) is 10.7 Å². The second kappa shape index (κ2) is 5.46. The first-order valence-electron chi connectivity index (χ1n) is 5.02. The summed E-state index contributed by atoms with van der Waals surface area (Å²) >= 11 is 0. The van der Waals surface area contributed by atoms with E-state index < -0.39 is 0 Å². The van der Waals surface area contributed by atoms with Gasteiger partial charge in [0.05, 0.1) is 6.04 Å². The van der Waals surface area contributed by atoms with Gasteiger partial charge in [0.2, 0.25) is 5.91 Å². The van der Waals surface area contributed by atoms with Gasteiger partial charge in [-0.25, -0.2) is 0 Å². The number of pyridine rings is 1. The molecule has 0 saturated carbocycles. The van der Waals surface area contributed by atoms with Gasteiger partial charge in [0.15, 0.2) is 0 Å². The minimum absolute atomic E-state index is 0.230. The summed E-state index contributed by atoms with van der Waals surface area (Å²) < 4.78 is 0. The van der Waals surface area contributed by atoms with Crippen molar-refractivity contribution < 1.29 is 4.79 Å². The minimum Gasteiger partial charge on any atom is -0.339 e. The Kier molecular flexibility index (Phi) is 4.24. The third-order valence-corrected chi connectivity index (χ3v) is 2.56. The number of hydrogen-bond acceptors (Lipinski definition) is 3. The fourth-order valence-corrected chi connectivity index (χ4v) is 1.77. The lowest BCUT2D eigenvalue weighted by atomic mass is 10.1. The average Bonchev–Trinajstić information content (AvgIpc) is 2.64. The number of aromatic nitrogens is 1. The van der Waals surface area contributed by atoms with Crippen LogP contribution in [0.15, 0.2) is 24.5 Å². The van der Waals surface area contributed by atoms with Crippen LogP contribution in [0.25, 0.3) is 0 Å². The summed E-state index contributed by atoms with van der Waals surface area (Å²) in [6.07, 6.45) is 5.16. The lowest BCUT2D eigenvalue weighted by molar-refractivity contribution is -0.127. The largest absolute Gasteiger partial charge is 0.339 e. The number of nitrogens with zero attached hydrogens (tertiary/aromatic N) is 2. The maximum atomic E-state index is 11.3. The van der Waals surface area contributed by atoms with Crippen LogP contribution in [0.3, 0.4) is 0 Å². The van der Waals surface area contributed by atoms with E-state index >= 15 is 0 Å². The number of carbonyl (C=O) groups is 1. The summed E-state index contributed by atoms with van der Waals surface area (Å²) in [4.78, 5) is 17.1. The van der Waals surface area contributed by atoms with Crippen molar-refractivity contribution in [2.24, 2.45) is 5.73 Å². The van der Waals surface area contributed by atoms with Crippen LogP contribution in [0.1, 0.15) is 24.4 Å². The highest BCUT2D eigenvalue weighted by atomic mass is 16.2. The second-order valence-electron chi connectivity index (χ2n) is 3.35. The van der Waals surface area contributed by atoms with E-state index in [4.69, 9.17) is 0 Å². The monoisotopic (exact) mass is 207 g/mol. The molecule has 1 atom stereocenters. The van der Waals surface area contributed by atoms with Crippen molar-refractivity contribution in [3.8, 4) is 0 Å². The average molecular weight is 207 g/mol. The Morgan fingerprint density at radius 1 is 1.53 bits per heavy atom. The van der Waals surface area contributed by atoms with Gasteiger partial charge >= 0.3 is 0 Å². The Balaban J connectivity index is 0.000000531. The molecule has 82 valence electrons. The highest BCUT2D eigenvalue weighted by Gasteiger charge is 2.28. The zero-order valence-corrected chi connectivity index (χ0v) is 9.18. The molecule has 0 spiro atoms. The van der Waals surface area contributed by atoms with Crippen molar-refractivity contribution in [3.05, 3.63) is 30.1 Å². The standard InChI is InChI=1S/C10H12N2O.CH5N/c1-12-9(4-5-10(12)13)8-3-2-6-11-7-8;1-2/h2-3,6-7,9H,4-5H2,1H3;2H2,1H3. The highest BCUT2D eigenvalue weighted by molar-refractivity contribution is 5.78. The number of carbonyl (C=O) groups excluding carboxylic acids is 1. The summed E-state index contributed by atoms with van der Waals surface area (Å²) in [6, 6.07) is 4.17. The molecular weight excluding hydrogens is 190 g/mol. The molecule has 2 rings (SSSR count). The molecule has 1 amide bonds. The first kappa shape index (κ1) is 11.7. The molecule has 2 N–H and O–H groups in total. The van der Waals surface area contributed by atoms with Crippen LogP contribution < -0.4 is 5.73 Å². The summed E-state index contributed by atoms with van der Waals surface area (Å²) in [7, 11) is 3.35. The van der Waals surface area contributed by atoms with E-state index in [1.165, 1.54) is 7.05 Å². The summed E-state index contributed by atoms with van der Waals surface area (Å²) in [6.45, 7) is 0. The second-order valence-corrected chi connectivity index (χ2v) is 3.35. The molecule has 1 fully saturated rings. The molecule has 15 heavy (non-hydrogen) atoms. The van der Waals surface area contributed by atoms with Crippen LogP contribution >= 0.6 is 0 Å². The first-order chi connectivity index (χ1) is 7.29. The third-order valence-electron chi connectivity index (χ3n) is 2.56. The molecule has 1 aromatic heterocycles. The van der Waals surface area contributed by atoms with E-state index in [0.717, 1.165) is 12.0 Å². The number of likely N-dealkylation sites (tertiary alicyclic amines) is 1. The van der Waals surface area contributed by atoms with Gasteiger partial charge in [0, 0.05) is 25.9 Å². The lowest BCUT2D eigenvalue weighted by Gasteiger charge is -2.19. The van der Waals surface area contributed by atoms with Crippen LogP contribution in [0.2, 0.25) is 0 Å². The zero-order valence-electron chi connectivity index (χ0n) is 9.18. The van der Waals surface area contributed by atoms with E-state index in [9.17, 15) is 4.79 Å².